The van der Waals surface area contributed by atoms with Gasteiger partial charge in [0.2, 0.25) is 5.91 Å². The van der Waals surface area contributed by atoms with E-state index in [4.69, 9.17) is 5.73 Å². The highest BCUT2D eigenvalue weighted by molar-refractivity contribution is 5.82. The van der Waals surface area contributed by atoms with E-state index in [9.17, 15) is 4.79 Å². The first-order valence-electron chi connectivity index (χ1n) is 6.89. The Morgan fingerprint density at radius 1 is 1.41 bits per heavy atom. The number of amides is 1. The Bertz CT molecular complexity index is 257. The second kappa shape index (κ2) is 5.85. The van der Waals surface area contributed by atoms with E-state index >= 15 is 0 Å². The minimum absolute atomic E-state index is 0.297. The Morgan fingerprint density at radius 2 is 2.00 bits per heavy atom. The van der Waals surface area contributed by atoms with Crippen molar-refractivity contribution in [1.29, 1.82) is 0 Å². The maximum absolute atomic E-state index is 12.5. The monoisotopic (exact) mass is 240 g/mol. The van der Waals surface area contributed by atoms with Gasteiger partial charge in [0.15, 0.2) is 0 Å². The summed E-state index contributed by atoms with van der Waals surface area (Å²) in [4.78, 5) is 14.6. The van der Waals surface area contributed by atoms with E-state index < -0.39 is 0 Å². The fraction of sp³-hybridized carbons (Fsp3) is 0.929. The van der Waals surface area contributed by atoms with Crippen LogP contribution >= 0.6 is 0 Å². The third-order valence-electron chi connectivity index (χ3n) is 3.54. The zero-order valence-electron chi connectivity index (χ0n) is 11.8. The number of nitrogens with two attached hydrogens (primary N) is 1. The van der Waals surface area contributed by atoms with Gasteiger partial charge < -0.3 is 10.6 Å². The number of nitrogens with zero attached hydrogens (tertiary/aromatic N) is 1. The number of rotatable bonds is 7. The molecule has 0 heterocycles. The second-order valence-electron chi connectivity index (χ2n) is 6.33. The van der Waals surface area contributed by atoms with Gasteiger partial charge >= 0.3 is 0 Å². The number of carbonyl (C=O) groups is 1. The van der Waals surface area contributed by atoms with Gasteiger partial charge in [-0.3, -0.25) is 4.79 Å². The highest BCUT2D eigenvalue weighted by Gasteiger charge is 2.38. The maximum Gasteiger partial charge on any atom is 0.228 e. The lowest BCUT2D eigenvalue weighted by Crippen LogP contribution is -2.43. The molecular formula is C14H28N2O. The van der Waals surface area contributed by atoms with Crippen molar-refractivity contribution in [3.05, 3.63) is 0 Å². The third-order valence-corrected chi connectivity index (χ3v) is 3.54. The molecule has 3 nitrogen and oxygen atoms in total. The lowest BCUT2D eigenvalue weighted by molar-refractivity contribution is -0.141. The highest BCUT2D eigenvalue weighted by Crippen LogP contribution is 2.32. The van der Waals surface area contributed by atoms with Gasteiger partial charge in [-0.25, -0.2) is 0 Å². The summed E-state index contributed by atoms with van der Waals surface area (Å²) < 4.78 is 0. The van der Waals surface area contributed by atoms with Crippen molar-refractivity contribution in [1.82, 2.24) is 4.90 Å². The summed E-state index contributed by atoms with van der Waals surface area (Å²) in [5, 5.41) is 0. The van der Waals surface area contributed by atoms with Gasteiger partial charge in [-0.15, -0.1) is 0 Å². The van der Waals surface area contributed by atoms with E-state index in [-0.39, 0.29) is 5.41 Å². The largest absolute Gasteiger partial charge is 0.339 e. The molecule has 3 heteroatoms. The summed E-state index contributed by atoms with van der Waals surface area (Å²) >= 11 is 0. The van der Waals surface area contributed by atoms with Crippen molar-refractivity contribution in [3.63, 3.8) is 0 Å². The summed E-state index contributed by atoms with van der Waals surface area (Å²) in [6, 6.07) is 0.512. The van der Waals surface area contributed by atoms with Crippen LogP contribution in [0, 0.1) is 11.3 Å². The molecule has 2 N–H and O–H groups in total. The molecule has 1 rings (SSSR count). The van der Waals surface area contributed by atoms with Crippen LogP contribution in [0.3, 0.4) is 0 Å². The molecule has 0 atom stereocenters. The quantitative estimate of drug-likeness (QED) is 0.742. The first-order valence-corrected chi connectivity index (χ1v) is 6.89. The van der Waals surface area contributed by atoms with Gasteiger partial charge in [0.1, 0.15) is 0 Å². The Kier molecular flexibility index (Phi) is 4.99. The number of hydrogen-bond acceptors (Lipinski definition) is 2. The summed E-state index contributed by atoms with van der Waals surface area (Å²) in [6.07, 6.45) is 4.24. The van der Waals surface area contributed by atoms with Gasteiger partial charge in [0.05, 0.1) is 0 Å². The Balaban J connectivity index is 2.60. The average molecular weight is 240 g/mol. The summed E-state index contributed by atoms with van der Waals surface area (Å²) in [6.45, 7) is 9.96. The Morgan fingerprint density at radius 3 is 2.41 bits per heavy atom. The standard InChI is InChI=1S/C14H28N2O/c1-11(2)7-10-16(12-5-6-12)13(17)14(3,4)8-9-15/h11-12H,5-10,15H2,1-4H3. The van der Waals surface area contributed by atoms with Crippen molar-refractivity contribution >= 4 is 5.91 Å². The van der Waals surface area contributed by atoms with E-state index in [1.54, 1.807) is 0 Å². The highest BCUT2D eigenvalue weighted by atomic mass is 16.2. The van der Waals surface area contributed by atoms with Gasteiger partial charge in [0, 0.05) is 18.0 Å². The van der Waals surface area contributed by atoms with Gasteiger partial charge in [-0.2, -0.15) is 0 Å². The molecule has 0 bridgehead atoms. The normalized spacial score (nSPS) is 16.4. The first-order chi connectivity index (χ1) is 7.88. The summed E-state index contributed by atoms with van der Waals surface area (Å²) in [7, 11) is 0. The molecule has 1 fully saturated rings. The first kappa shape index (κ1) is 14.5. The molecule has 0 saturated heterocycles. The topological polar surface area (TPSA) is 46.3 Å². The maximum atomic E-state index is 12.5. The Labute approximate surface area is 106 Å². The lowest BCUT2D eigenvalue weighted by Gasteiger charge is -2.32. The van der Waals surface area contributed by atoms with Crippen LogP contribution in [-0.4, -0.2) is 29.9 Å². The predicted octanol–water partition coefficient (Wildman–Crippen LogP) is 2.40. The molecule has 0 radical (unpaired) electrons. The van der Waals surface area contributed by atoms with E-state index in [0.717, 1.165) is 19.4 Å². The minimum atomic E-state index is -0.297. The van der Waals surface area contributed by atoms with Crippen molar-refractivity contribution < 1.29 is 4.79 Å². The molecule has 1 amide bonds. The SMILES string of the molecule is CC(C)CCN(C(=O)C(C)(C)CCN)C1CC1. The van der Waals surface area contributed by atoms with Crippen LogP contribution < -0.4 is 5.73 Å². The van der Waals surface area contributed by atoms with Crippen molar-refractivity contribution in [2.24, 2.45) is 17.1 Å². The summed E-state index contributed by atoms with van der Waals surface area (Å²) in [5.41, 5.74) is 5.30. The molecule has 0 spiro atoms. The number of hydrogen-bond donors (Lipinski definition) is 1. The van der Waals surface area contributed by atoms with Crippen molar-refractivity contribution in [3.8, 4) is 0 Å². The molecule has 1 aliphatic carbocycles. The van der Waals surface area contributed by atoms with Crippen LogP contribution in [0.4, 0.5) is 0 Å². The second-order valence-corrected chi connectivity index (χ2v) is 6.33. The molecule has 0 aromatic carbocycles. The molecule has 0 aromatic heterocycles. The van der Waals surface area contributed by atoms with E-state index in [0.29, 0.717) is 24.4 Å². The minimum Gasteiger partial charge on any atom is -0.339 e. The predicted molar refractivity (Wildman–Crippen MR) is 71.6 cm³/mol. The smallest absolute Gasteiger partial charge is 0.228 e. The number of carbonyl (C=O) groups excluding carboxylic acids is 1. The van der Waals surface area contributed by atoms with E-state index in [1.165, 1.54) is 12.8 Å². The molecule has 17 heavy (non-hydrogen) atoms. The molecular weight excluding hydrogens is 212 g/mol. The van der Waals surface area contributed by atoms with Crippen molar-refractivity contribution in [2.45, 2.75) is 59.4 Å². The molecule has 0 aromatic rings. The van der Waals surface area contributed by atoms with Crippen molar-refractivity contribution in [2.75, 3.05) is 13.1 Å². The molecule has 100 valence electrons. The zero-order valence-corrected chi connectivity index (χ0v) is 11.8. The Hall–Kier alpha value is -0.570. The fourth-order valence-corrected chi connectivity index (χ4v) is 2.09. The van der Waals surface area contributed by atoms with Crippen LogP contribution in [0.25, 0.3) is 0 Å². The van der Waals surface area contributed by atoms with E-state index in [1.807, 2.05) is 13.8 Å². The average Bonchev–Trinajstić information content (AvgIpc) is 3.01. The molecule has 0 unspecified atom stereocenters. The van der Waals surface area contributed by atoms with Crippen LogP contribution in [0.5, 0.6) is 0 Å². The fourth-order valence-electron chi connectivity index (χ4n) is 2.09. The van der Waals surface area contributed by atoms with Gasteiger partial charge in [-0.05, 0) is 38.1 Å². The lowest BCUT2D eigenvalue weighted by atomic mass is 9.87. The van der Waals surface area contributed by atoms with E-state index in [2.05, 4.69) is 18.7 Å². The van der Waals surface area contributed by atoms with Crippen LogP contribution in [0.1, 0.15) is 53.4 Å². The van der Waals surface area contributed by atoms with Crippen LogP contribution in [0.2, 0.25) is 0 Å². The third kappa shape index (κ3) is 4.30. The van der Waals surface area contributed by atoms with Crippen LogP contribution in [0.15, 0.2) is 0 Å². The van der Waals surface area contributed by atoms with Gasteiger partial charge in [-0.1, -0.05) is 27.7 Å². The molecule has 1 aliphatic rings. The molecule has 0 aliphatic heterocycles. The van der Waals surface area contributed by atoms with Gasteiger partial charge in [0.25, 0.3) is 0 Å². The summed E-state index contributed by atoms with van der Waals surface area (Å²) in [5.74, 6) is 0.952. The van der Waals surface area contributed by atoms with Crippen LogP contribution in [-0.2, 0) is 4.79 Å². The zero-order chi connectivity index (χ0) is 13.1. The molecule has 1 saturated carbocycles.